The number of benzene rings is 2. The summed E-state index contributed by atoms with van der Waals surface area (Å²) in [5, 5.41) is 9.24. The van der Waals surface area contributed by atoms with Crippen LogP contribution >= 0.6 is 0 Å². The van der Waals surface area contributed by atoms with Gasteiger partial charge in [0.05, 0.1) is 25.0 Å². The van der Waals surface area contributed by atoms with Crippen molar-refractivity contribution < 1.29 is 14.7 Å². The van der Waals surface area contributed by atoms with Crippen LogP contribution in [0.1, 0.15) is 34.1 Å². The summed E-state index contributed by atoms with van der Waals surface area (Å²) in [5.74, 6) is -1.05. The highest BCUT2D eigenvalue weighted by Crippen LogP contribution is 2.60. The lowest BCUT2D eigenvalue weighted by Crippen LogP contribution is -2.41. The van der Waals surface area contributed by atoms with Crippen LogP contribution < -0.4 is 0 Å². The fraction of sp³-hybridized carbons (Fsp3) is 0.300. The third-order valence-corrected chi connectivity index (χ3v) is 5.86. The van der Waals surface area contributed by atoms with E-state index in [0.717, 1.165) is 0 Å². The Hall–Kier alpha value is -2.46. The van der Waals surface area contributed by atoms with Gasteiger partial charge in [0.2, 0.25) is 11.8 Å². The van der Waals surface area contributed by atoms with Crippen LogP contribution in [0.4, 0.5) is 0 Å². The molecule has 1 N–H and O–H groups in total. The zero-order chi connectivity index (χ0) is 16.4. The first-order valence-corrected chi connectivity index (χ1v) is 8.37. The monoisotopic (exact) mass is 319 g/mol. The van der Waals surface area contributed by atoms with Gasteiger partial charge in [-0.3, -0.25) is 14.5 Å². The molecule has 24 heavy (non-hydrogen) atoms. The van der Waals surface area contributed by atoms with E-state index in [2.05, 4.69) is 24.3 Å². The zero-order valence-electron chi connectivity index (χ0n) is 13.1. The summed E-state index contributed by atoms with van der Waals surface area (Å²) in [5.41, 5.74) is 4.70. The Bertz CT molecular complexity index is 759. The highest BCUT2D eigenvalue weighted by Gasteiger charge is 2.61. The van der Waals surface area contributed by atoms with Crippen LogP contribution in [0.2, 0.25) is 0 Å². The number of imide groups is 1. The third-order valence-electron chi connectivity index (χ3n) is 5.86. The molecule has 2 aromatic carbocycles. The van der Waals surface area contributed by atoms with E-state index in [0.29, 0.717) is 0 Å². The molecule has 2 aromatic rings. The van der Waals surface area contributed by atoms with Crippen molar-refractivity contribution in [1.82, 2.24) is 4.90 Å². The molecule has 1 aliphatic heterocycles. The van der Waals surface area contributed by atoms with Crippen molar-refractivity contribution in [2.24, 2.45) is 11.8 Å². The fourth-order valence-corrected chi connectivity index (χ4v) is 5.06. The molecule has 1 saturated heterocycles. The molecule has 0 radical (unpaired) electrons. The number of amides is 2. The van der Waals surface area contributed by atoms with Gasteiger partial charge in [0.1, 0.15) is 0 Å². The summed E-state index contributed by atoms with van der Waals surface area (Å²) in [6.45, 7) is -0.0943. The van der Waals surface area contributed by atoms with Gasteiger partial charge in [0.25, 0.3) is 0 Å². The third kappa shape index (κ3) is 1.52. The quantitative estimate of drug-likeness (QED) is 0.860. The van der Waals surface area contributed by atoms with Gasteiger partial charge in [-0.1, -0.05) is 48.5 Å². The Morgan fingerprint density at radius 2 is 1.12 bits per heavy atom. The van der Waals surface area contributed by atoms with Crippen LogP contribution in [0.5, 0.6) is 0 Å². The molecule has 4 heteroatoms. The lowest BCUT2D eigenvalue weighted by Gasteiger charge is -2.45. The molecular formula is C20H17NO3. The molecule has 3 aliphatic carbocycles. The van der Waals surface area contributed by atoms with Gasteiger partial charge in [-0.15, -0.1) is 0 Å². The number of hydrogen-bond donors (Lipinski definition) is 1. The van der Waals surface area contributed by atoms with Gasteiger partial charge in [-0.2, -0.15) is 0 Å². The number of hydrogen-bond acceptors (Lipinski definition) is 3. The number of carbonyl (C=O) groups is 2. The maximum Gasteiger partial charge on any atom is 0.234 e. The SMILES string of the molecule is O=C1[C@H]2C3c4ccccc4C(c4ccccc43)[C@@H]2C(=O)N1CCO. The largest absolute Gasteiger partial charge is 0.395 e. The average Bonchev–Trinajstić information content (AvgIpc) is 2.88. The Morgan fingerprint density at radius 3 is 1.46 bits per heavy atom. The maximum atomic E-state index is 12.9. The van der Waals surface area contributed by atoms with Crippen LogP contribution in [0.3, 0.4) is 0 Å². The first-order valence-electron chi connectivity index (χ1n) is 8.37. The van der Waals surface area contributed by atoms with E-state index in [-0.39, 0.29) is 48.6 Å². The summed E-state index contributed by atoms with van der Waals surface area (Å²) < 4.78 is 0. The number of rotatable bonds is 2. The fourth-order valence-electron chi connectivity index (χ4n) is 5.06. The molecular weight excluding hydrogens is 302 g/mol. The predicted octanol–water partition coefficient (Wildman–Crippen LogP) is 1.87. The first-order chi connectivity index (χ1) is 11.7. The van der Waals surface area contributed by atoms with Crippen molar-refractivity contribution in [3.63, 3.8) is 0 Å². The van der Waals surface area contributed by atoms with E-state index in [1.54, 1.807) is 0 Å². The molecule has 1 heterocycles. The molecule has 0 saturated carbocycles. The topological polar surface area (TPSA) is 57.6 Å². The van der Waals surface area contributed by atoms with Crippen molar-refractivity contribution in [3.05, 3.63) is 70.8 Å². The zero-order valence-corrected chi connectivity index (χ0v) is 13.1. The van der Waals surface area contributed by atoms with Crippen LogP contribution in [-0.2, 0) is 9.59 Å². The molecule has 2 atom stereocenters. The van der Waals surface area contributed by atoms with Gasteiger partial charge in [0.15, 0.2) is 0 Å². The predicted molar refractivity (Wildman–Crippen MR) is 87.4 cm³/mol. The van der Waals surface area contributed by atoms with E-state index >= 15 is 0 Å². The van der Waals surface area contributed by atoms with Gasteiger partial charge in [0, 0.05) is 11.8 Å². The minimum atomic E-state index is -0.334. The van der Waals surface area contributed by atoms with Gasteiger partial charge < -0.3 is 5.11 Å². The molecule has 0 unspecified atom stereocenters. The number of aliphatic hydroxyl groups is 1. The van der Waals surface area contributed by atoms with Crippen molar-refractivity contribution in [3.8, 4) is 0 Å². The summed E-state index contributed by atoms with van der Waals surface area (Å²) in [4.78, 5) is 27.2. The standard InChI is InChI=1S/C20H17NO3/c22-10-9-21-19(23)17-15-11-5-1-2-6-12(11)16(18(17)20(21)24)14-8-4-3-7-13(14)15/h1-8,15-18,22H,9-10H2/t15?,16?,17-,18-/m0/s1. The van der Waals surface area contributed by atoms with E-state index in [9.17, 15) is 14.7 Å². The van der Waals surface area contributed by atoms with E-state index in [4.69, 9.17) is 0 Å². The molecule has 4 nitrogen and oxygen atoms in total. The summed E-state index contributed by atoms with van der Waals surface area (Å²) in [6, 6.07) is 16.4. The van der Waals surface area contributed by atoms with Crippen LogP contribution in [0, 0.1) is 11.8 Å². The summed E-state index contributed by atoms with van der Waals surface area (Å²) >= 11 is 0. The van der Waals surface area contributed by atoms with Gasteiger partial charge in [-0.25, -0.2) is 0 Å². The number of aliphatic hydroxyl groups excluding tert-OH is 1. The highest BCUT2D eigenvalue weighted by molar-refractivity contribution is 6.07. The van der Waals surface area contributed by atoms with Crippen molar-refractivity contribution in [2.75, 3.05) is 13.2 Å². The minimum absolute atomic E-state index is 0.0625. The second kappa shape index (κ2) is 4.77. The normalized spacial score (nSPS) is 29.5. The number of likely N-dealkylation sites (tertiary alicyclic amines) is 1. The molecule has 2 amide bonds. The Labute approximate surface area is 139 Å². The molecule has 0 spiro atoms. The van der Waals surface area contributed by atoms with E-state index < -0.39 is 0 Å². The van der Waals surface area contributed by atoms with Gasteiger partial charge in [-0.05, 0) is 22.3 Å². The Morgan fingerprint density at radius 1 is 0.750 bits per heavy atom. The molecule has 1 fully saturated rings. The van der Waals surface area contributed by atoms with Crippen LogP contribution in [0.25, 0.3) is 0 Å². The van der Waals surface area contributed by atoms with Gasteiger partial charge >= 0.3 is 0 Å². The second-order valence-electron chi connectivity index (χ2n) is 6.82. The van der Waals surface area contributed by atoms with Crippen LogP contribution in [0.15, 0.2) is 48.5 Å². The van der Waals surface area contributed by atoms with Crippen molar-refractivity contribution in [2.45, 2.75) is 11.8 Å². The Balaban J connectivity index is 1.77. The maximum absolute atomic E-state index is 12.9. The minimum Gasteiger partial charge on any atom is -0.395 e. The number of nitrogens with zero attached hydrogens (tertiary/aromatic N) is 1. The lowest BCUT2D eigenvalue weighted by molar-refractivity contribution is -0.140. The molecule has 2 bridgehead atoms. The summed E-state index contributed by atoms with van der Waals surface area (Å²) in [7, 11) is 0. The average molecular weight is 319 g/mol. The second-order valence-corrected chi connectivity index (χ2v) is 6.82. The highest BCUT2D eigenvalue weighted by atomic mass is 16.3. The van der Waals surface area contributed by atoms with Crippen molar-refractivity contribution in [1.29, 1.82) is 0 Å². The van der Waals surface area contributed by atoms with Crippen LogP contribution in [-0.4, -0.2) is 35.0 Å². The van der Waals surface area contributed by atoms with Crippen molar-refractivity contribution >= 4 is 11.8 Å². The number of carbonyl (C=O) groups excluding carboxylic acids is 2. The van der Waals surface area contributed by atoms with E-state index in [1.807, 2.05) is 24.3 Å². The smallest absolute Gasteiger partial charge is 0.234 e. The molecule has 120 valence electrons. The molecule has 0 aromatic heterocycles. The summed E-state index contributed by atoms with van der Waals surface area (Å²) in [6.07, 6.45) is 0. The first kappa shape index (κ1) is 13.9. The molecule has 4 aliphatic rings. The Kier molecular flexibility index (Phi) is 2.77. The number of β-amino-alcohol motifs (C(OH)–C–C–N with tert-alkyl or cyclic N) is 1. The molecule has 6 rings (SSSR count). The van der Waals surface area contributed by atoms with E-state index in [1.165, 1.54) is 27.2 Å². The lowest BCUT2D eigenvalue weighted by atomic mass is 9.55.